The van der Waals surface area contributed by atoms with Crippen LogP contribution in [0.3, 0.4) is 0 Å². The molecule has 0 atom stereocenters. The topological polar surface area (TPSA) is 26.3 Å². The second-order valence-electron chi connectivity index (χ2n) is 12.4. The maximum absolute atomic E-state index is 6.53. The van der Waals surface area contributed by atoms with Gasteiger partial charge in [0.15, 0.2) is 0 Å². The summed E-state index contributed by atoms with van der Waals surface area (Å²) in [4.78, 5) is 0. The average molecular weight is 585 g/mol. The van der Waals surface area contributed by atoms with Crippen molar-refractivity contribution in [3.63, 3.8) is 0 Å². The second-order valence-corrected chi connectivity index (χ2v) is 12.4. The number of hydrogen-bond donors (Lipinski definition) is 0. The minimum atomic E-state index is 0.905. The third-order valence-electron chi connectivity index (χ3n) is 9.98. The summed E-state index contributed by atoms with van der Waals surface area (Å²) < 4.78 is 12.9. The van der Waals surface area contributed by atoms with Gasteiger partial charge in [-0.25, -0.2) is 0 Å². The Kier molecular flexibility index (Phi) is 4.61. The van der Waals surface area contributed by atoms with E-state index in [1.165, 1.54) is 76.1 Å². The lowest BCUT2D eigenvalue weighted by Gasteiger charge is -2.19. The van der Waals surface area contributed by atoms with E-state index < -0.39 is 0 Å². The number of benzene rings is 9. The van der Waals surface area contributed by atoms with Gasteiger partial charge in [-0.1, -0.05) is 109 Å². The summed E-state index contributed by atoms with van der Waals surface area (Å²) in [6, 6.07) is 52.5. The minimum absolute atomic E-state index is 0.905. The molecule has 0 saturated heterocycles. The molecule has 0 radical (unpaired) electrons. The first kappa shape index (κ1) is 24.2. The Hall–Kier alpha value is -6.12. The molecule has 2 aromatic heterocycles. The normalized spacial score (nSPS) is 12.3. The molecule has 0 fully saturated rings. The summed E-state index contributed by atoms with van der Waals surface area (Å²) in [5.41, 5.74) is 8.59. The summed E-state index contributed by atoms with van der Waals surface area (Å²) in [5, 5.41) is 14.4. The van der Waals surface area contributed by atoms with E-state index in [1.54, 1.807) is 0 Å². The highest BCUT2D eigenvalue weighted by Crippen LogP contribution is 2.50. The van der Waals surface area contributed by atoms with Gasteiger partial charge in [0.25, 0.3) is 0 Å². The molecule has 0 amide bonds. The van der Waals surface area contributed by atoms with E-state index >= 15 is 0 Å². The predicted molar refractivity (Wildman–Crippen MR) is 193 cm³/mol. The molecular weight excluding hydrogens is 560 g/mol. The molecule has 46 heavy (non-hydrogen) atoms. The SMILES string of the molecule is c1ccc2cc3c(cc2c1)oc1cccc(-c2c4ccccc4c(-c4cc5cccc6oc7cccc4c7c56)c4ccccc24)c13. The zero-order valence-corrected chi connectivity index (χ0v) is 24.7. The number of furan rings is 2. The first-order valence-corrected chi connectivity index (χ1v) is 15.8. The van der Waals surface area contributed by atoms with Gasteiger partial charge in [0, 0.05) is 21.5 Å². The maximum atomic E-state index is 6.53. The van der Waals surface area contributed by atoms with E-state index in [0.29, 0.717) is 0 Å². The Bertz CT molecular complexity index is 2970. The molecule has 0 N–H and O–H groups in total. The van der Waals surface area contributed by atoms with Gasteiger partial charge in [0.2, 0.25) is 0 Å². The van der Waals surface area contributed by atoms with Crippen LogP contribution in [-0.2, 0) is 0 Å². The molecule has 2 heterocycles. The summed E-state index contributed by atoms with van der Waals surface area (Å²) >= 11 is 0. The zero-order chi connectivity index (χ0) is 29.9. The van der Waals surface area contributed by atoms with Crippen LogP contribution in [0.25, 0.3) is 109 Å². The molecule has 0 aliphatic heterocycles. The van der Waals surface area contributed by atoms with Gasteiger partial charge in [0.1, 0.15) is 22.3 Å². The van der Waals surface area contributed by atoms with Crippen molar-refractivity contribution < 1.29 is 8.83 Å². The maximum Gasteiger partial charge on any atom is 0.136 e. The molecule has 2 heteroatoms. The average Bonchev–Trinajstić information content (AvgIpc) is 3.67. The van der Waals surface area contributed by atoms with Crippen LogP contribution in [0.4, 0.5) is 0 Å². The number of rotatable bonds is 2. The molecule has 2 nitrogen and oxygen atoms in total. The Morgan fingerprint density at radius 3 is 1.50 bits per heavy atom. The van der Waals surface area contributed by atoms with E-state index in [1.807, 2.05) is 0 Å². The van der Waals surface area contributed by atoms with Crippen LogP contribution in [0.5, 0.6) is 0 Å². The van der Waals surface area contributed by atoms with Crippen molar-refractivity contribution >= 4 is 87.0 Å². The predicted octanol–water partition coefficient (Wildman–Crippen LogP) is 12.9. The van der Waals surface area contributed by atoms with Crippen LogP contribution >= 0.6 is 0 Å². The van der Waals surface area contributed by atoms with Crippen molar-refractivity contribution in [1.29, 1.82) is 0 Å². The lowest BCUT2D eigenvalue weighted by Crippen LogP contribution is -1.92. The van der Waals surface area contributed by atoms with Gasteiger partial charge < -0.3 is 8.83 Å². The van der Waals surface area contributed by atoms with Gasteiger partial charge in [-0.3, -0.25) is 0 Å². The molecule has 0 saturated carbocycles. The van der Waals surface area contributed by atoms with Gasteiger partial charge in [-0.15, -0.1) is 0 Å². The quantitative estimate of drug-likeness (QED) is 0.149. The Balaban J connectivity index is 1.31. The lowest BCUT2D eigenvalue weighted by atomic mass is 9.83. The van der Waals surface area contributed by atoms with Crippen LogP contribution in [0, 0.1) is 0 Å². The molecule has 11 rings (SSSR count). The van der Waals surface area contributed by atoms with Crippen LogP contribution < -0.4 is 0 Å². The Morgan fingerprint density at radius 1 is 0.283 bits per heavy atom. The van der Waals surface area contributed by atoms with Crippen molar-refractivity contribution in [1.82, 2.24) is 0 Å². The molecule has 0 spiro atoms. The second kappa shape index (κ2) is 8.74. The van der Waals surface area contributed by atoms with E-state index in [2.05, 4.69) is 146 Å². The Morgan fingerprint density at radius 2 is 0.783 bits per heavy atom. The standard InChI is InChI=1S/C44H24O2/c1-2-11-26-24-39-35(22-25(26)10-1)43-33(18-9-20-37(43)46-39)41-28-13-3-5-15-30(28)42(31-16-6-4-14-29(31)41)34-23-27-12-7-19-36-40(27)44-32(34)17-8-21-38(44)45-36/h1-24H. The molecule has 212 valence electrons. The fraction of sp³-hybridized carbons (Fsp3) is 0. The lowest BCUT2D eigenvalue weighted by molar-refractivity contribution is 0.669. The van der Waals surface area contributed by atoms with Gasteiger partial charge in [-0.05, 0) is 102 Å². The van der Waals surface area contributed by atoms with E-state index in [4.69, 9.17) is 8.83 Å². The fourth-order valence-electron chi connectivity index (χ4n) is 8.11. The smallest absolute Gasteiger partial charge is 0.136 e. The molecular formula is C44H24O2. The zero-order valence-electron chi connectivity index (χ0n) is 24.7. The Labute approximate surface area is 263 Å². The van der Waals surface area contributed by atoms with Crippen molar-refractivity contribution in [2.45, 2.75) is 0 Å². The molecule has 11 aromatic rings. The van der Waals surface area contributed by atoms with Crippen molar-refractivity contribution in [3.8, 4) is 22.3 Å². The minimum Gasteiger partial charge on any atom is -0.456 e. The fourth-order valence-corrected chi connectivity index (χ4v) is 8.11. The largest absolute Gasteiger partial charge is 0.456 e. The number of fused-ring (bicyclic) bond motifs is 6. The van der Waals surface area contributed by atoms with E-state index in [9.17, 15) is 0 Å². The molecule has 0 unspecified atom stereocenters. The van der Waals surface area contributed by atoms with Crippen LogP contribution in [0.1, 0.15) is 0 Å². The third kappa shape index (κ3) is 3.10. The molecule has 0 aliphatic carbocycles. The third-order valence-corrected chi connectivity index (χ3v) is 9.98. The van der Waals surface area contributed by atoms with Crippen LogP contribution in [-0.4, -0.2) is 0 Å². The molecule has 0 bridgehead atoms. The summed E-state index contributed by atoms with van der Waals surface area (Å²) in [7, 11) is 0. The highest BCUT2D eigenvalue weighted by atomic mass is 16.3. The first-order valence-electron chi connectivity index (χ1n) is 15.8. The van der Waals surface area contributed by atoms with Crippen LogP contribution in [0.2, 0.25) is 0 Å². The highest BCUT2D eigenvalue weighted by molar-refractivity contribution is 6.31. The van der Waals surface area contributed by atoms with Crippen molar-refractivity contribution in [2.24, 2.45) is 0 Å². The monoisotopic (exact) mass is 584 g/mol. The molecule has 0 aliphatic rings. The highest BCUT2D eigenvalue weighted by Gasteiger charge is 2.23. The van der Waals surface area contributed by atoms with Gasteiger partial charge in [0.05, 0.1) is 0 Å². The summed E-state index contributed by atoms with van der Waals surface area (Å²) in [6.45, 7) is 0. The van der Waals surface area contributed by atoms with Gasteiger partial charge >= 0.3 is 0 Å². The summed E-state index contributed by atoms with van der Waals surface area (Å²) in [5.74, 6) is 0. The first-order chi connectivity index (χ1) is 22.8. The van der Waals surface area contributed by atoms with Crippen molar-refractivity contribution in [2.75, 3.05) is 0 Å². The summed E-state index contributed by atoms with van der Waals surface area (Å²) in [6.07, 6.45) is 0. The van der Waals surface area contributed by atoms with Gasteiger partial charge in [-0.2, -0.15) is 0 Å². The number of hydrogen-bond acceptors (Lipinski definition) is 2. The van der Waals surface area contributed by atoms with E-state index in [0.717, 1.165) is 33.1 Å². The van der Waals surface area contributed by atoms with E-state index in [-0.39, 0.29) is 0 Å². The molecule has 9 aromatic carbocycles. The van der Waals surface area contributed by atoms with Crippen molar-refractivity contribution in [3.05, 3.63) is 146 Å². The van der Waals surface area contributed by atoms with Crippen LogP contribution in [0.15, 0.2) is 154 Å².